The second kappa shape index (κ2) is 6.42. The first-order valence-corrected chi connectivity index (χ1v) is 8.79. The largest absolute Gasteiger partial charge is 0.458 e. The molecular formula is C18H32N2O3. The monoisotopic (exact) mass is 324 g/mol. The van der Waals surface area contributed by atoms with Crippen LogP contribution < -0.4 is 5.32 Å². The summed E-state index contributed by atoms with van der Waals surface area (Å²) in [7, 11) is 0. The first-order chi connectivity index (χ1) is 10.5. The highest BCUT2D eigenvalue weighted by Crippen LogP contribution is 2.37. The average Bonchev–Trinajstić information content (AvgIpc) is 3.04. The molecular weight excluding hydrogens is 292 g/mol. The molecule has 5 nitrogen and oxygen atoms in total. The Morgan fingerprint density at radius 2 is 1.70 bits per heavy atom. The molecule has 2 fully saturated rings. The molecule has 0 spiro atoms. The molecule has 2 aliphatic rings. The maximum atomic E-state index is 13.0. The molecule has 0 bridgehead atoms. The number of amides is 1. The highest BCUT2D eigenvalue weighted by molar-refractivity contribution is 5.89. The van der Waals surface area contributed by atoms with E-state index in [1.54, 1.807) is 0 Å². The fraction of sp³-hybridized carbons (Fsp3) is 0.889. The summed E-state index contributed by atoms with van der Waals surface area (Å²) in [5.74, 6) is -0.202. The van der Waals surface area contributed by atoms with Gasteiger partial charge in [-0.2, -0.15) is 0 Å². The number of likely N-dealkylation sites (tertiary alicyclic amines) is 1. The summed E-state index contributed by atoms with van der Waals surface area (Å²) < 4.78 is 5.57. The van der Waals surface area contributed by atoms with E-state index in [1.807, 2.05) is 25.7 Å². The third-order valence-corrected chi connectivity index (χ3v) is 4.68. The molecule has 1 amide bonds. The number of carbonyl (C=O) groups excluding carboxylic acids is 2. The Balaban J connectivity index is 2.23. The van der Waals surface area contributed by atoms with E-state index >= 15 is 0 Å². The van der Waals surface area contributed by atoms with Crippen LogP contribution in [0.1, 0.15) is 67.2 Å². The van der Waals surface area contributed by atoms with Crippen molar-refractivity contribution < 1.29 is 14.3 Å². The molecule has 2 heterocycles. The minimum Gasteiger partial charge on any atom is -0.458 e. The smallest absolute Gasteiger partial charge is 0.329 e. The molecule has 132 valence electrons. The van der Waals surface area contributed by atoms with Gasteiger partial charge in [0.15, 0.2) is 0 Å². The first kappa shape index (κ1) is 18.2. The number of rotatable bonds is 2. The van der Waals surface area contributed by atoms with Crippen molar-refractivity contribution in [2.75, 3.05) is 6.54 Å². The summed E-state index contributed by atoms with van der Waals surface area (Å²) in [6.45, 7) is 12.9. The summed E-state index contributed by atoms with van der Waals surface area (Å²) in [5, 5.41) is 3.27. The van der Waals surface area contributed by atoms with Gasteiger partial charge in [0.1, 0.15) is 11.6 Å². The standard InChI is InChI=1S/C18H32N2O3/c1-17(2,3)14-10-9-13(16(22)23-18(4,5)6)20(14)15(21)12-8-7-11-19-12/h12-14,19H,7-11H2,1-6H3/t12-,13?,14-/m0/s1. The molecule has 0 aromatic rings. The summed E-state index contributed by atoms with van der Waals surface area (Å²) in [6, 6.07) is -0.522. The zero-order valence-electron chi connectivity index (χ0n) is 15.4. The van der Waals surface area contributed by atoms with Gasteiger partial charge >= 0.3 is 5.97 Å². The van der Waals surface area contributed by atoms with E-state index < -0.39 is 11.6 Å². The highest BCUT2D eigenvalue weighted by Gasteiger charge is 2.48. The van der Waals surface area contributed by atoms with Gasteiger partial charge in [0, 0.05) is 6.04 Å². The molecule has 1 unspecified atom stereocenters. The third kappa shape index (κ3) is 4.25. The van der Waals surface area contributed by atoms with Crippen molar-refractivity contribution in [3.8, 4) is 0 Å². The van der Waals surface area contributed by atoms with Crippen molar-refractivity contribution in [2.45, 2.75) is 91.0 Å². The van der Waals surface area contributed by atoms with Crippen LogP contribution in [0.3, 0.4) is 0 Å². The molecule has 2 rings (SSSR count). The molecule has 0 aromatic carbocycles. The van der Waals surface area contributed by atoms with Crippen molar-refractivity contribution in [3.05, 3.63) is 0 Å². The molecule has 1 N–H and O–H groups in total. The van der Waals surface area contributed by atoms with Gasteiger partial charge in [-0.15, -0.1) is 0 Å². The van der Waals surface area contributed by atoms with Crippen LogP contribution in [-0.2, 0) is 14.3 Å². The van der Waals surface area contributed by atoms with Crippen LogP contribution in [0.2, 0.25) is 0 Å². The highest BCUT2D eigenvalue weighted by atomic mass is 16.6. The molecule has 2 saturated heterocycles. The molecule has 2 aliphatic heterocycles. The lowest BCUT2D eigenvalue weighted by Crippen LogP contribution is -2.55. The van der Waals surface area contributed by atoms with E-state index in [0.717, 1.165) is 25.8 Å². The maximum absolute atomic E-state index is 13.0. The molecule has 0 radical (unpaired) electrons. The van der Waals surface area contributed by atoms with Crippen molar-refractivity contribution in [1.29, 1.82) is 0 Å². The Kier molecular flexibility index (Phi) is 5.09. The lowest BCUT2D eigenvalue weighted by atomic mass is 9.85. The second-order valence-electron chi connectivity index (χ2n) is 8.90. The Bertz CT molecular complexity index is 456. The number of ether oxygens (including phenoxy) is 1. The maximum Gasteiger partial charge on any atom is 0.329 e. The number of hydrogen-bond acceptors (Lipinski definition) is 4. The van der Waals surface area contributed by atoms with Gasteiger partial charge in [0.25, 0.3) is 0 Å². The minimum absolute atomic E-state index is 0.0506. The number of hydrogen-bond donors (Lipinski definition) is 1. The van der Waals surface area contributed by atoms with Crippen LogP contribution in [0, 0.1) is 5.41 Å². The third-order valence-electron chi connectivity index (χ3n) is 4.68. The minimum atomic E-state index is -0.531. The van der Waals surface area contributed by atoms with Crippen molar-refractivity contribution >= 4 is 11.9 Å². The van der Waals surface area contributed by atoms with E-state index in [2.05, 4.69) is 26.1 Å². The Morgan fingerprint density at radius 1 is 1.04 bits per heavy atom. The van der Waals surface area contributed by atoms with E-state index in [0.29, 0.717) is 6.42 Å². The Morgan fingerprint density at radius 3 is 2.17 bits per heavy atom. The lowest BCUT2D eigenvalue weighted by molar-refractivity contribution is -0.165. The zero-order chi connectivity index (χ0) is 17.4. The van der Waals surface area contributed by atoms with Gasteiger partial charge < -0.3 is 15.0 Å². The number of esters is 1. The predicted molar refractivity (Wildman–Crippen MR) is 90.0 cm³/mol. The fourth-order valence-corrected chi connectivity index (χ4v) is 3.65. The van der Waals surface area contributed by atoms with Crippen LogP contribution >= 0.6 is 0 Å². The number of carbonyl (C=O) groups is 2. The fourth-order valence-electron chi connectivity index (χ4n) is 3.65. The number of nitrogens with one attached hydrogen (secondary N) is 1. The average molecular weight is 324 g/mol. The van der Waals surface area contributed by atoms with Gasteiger partial charge in [0.05, 0.1) is 6.04 Å². The Hall–Kier alpha value is -1.10. The van der Waals surface area contributed by atoms with Crippen LogP contribution in [0.15, 0.2) is 0 Å². The molecule has 3 atom stereocenters. The zero-order valence-corrected chi connectivity index (χ0v) is 15.4. The summed E-state index contributed by atoms with van der Waals surface area (Å²) in [5.41, 5.74) is -0.581. The van der Waals surface area contributed by atoms with Gasteiger partial charge in [-0.3, -0.25) is 4.79 Å². The van der Waals surface area contributed by atoms with Crippen molar-refractivity contribution in [1.82, 2.24) is 10.2 Å². The summed E-state index contributed by atoms with van der Waals surface area (Å²) in [6.07, 6.45) is 3.41. The van der Waals surface area contributed by atoms with Crippen LogP contribution in [0.25, 0.3) is 0 Å². The molecule has 0 aliphatic carbocycles. The second-order valence-corrected chi connectivity index (χ2v) is 8.90. The van der Waals surface area contributed by atoms with E-state index in [9.17, 15) is 9.59 Å². The SMILES string of the molecule is CC(C)(C)OC(=O)C1CC[C@@H](C(C)(C)C)N1C(=O)[C@@H]1CCCN1. The van der Waals surface area contributed by atoms with Crippen LogP contribution in [0.4, 0.5) is 0 Å². The van der Waals surface area contributed by atoms with Gasteiger partial charge in [-0.05, 0) is 58.4 Å². The van der Waals surface area contributed by atoms with Crippen molar-refractivity contribution in [2.24, 2.45) is 5.41 Å². The summed E-state index contributed by atoms with van der Waals surface area (Å²) in [4.78, 5) is 27.5. The molecule has 0 aromatic heterocycles. The predicted octanol–water partition coefficient (Wildman–Crippen LogP) is 2.49. The van der Waals surface area contributed by atoms with E-state index in [4.69, 9.17) is 4.74 Å². The van der Waals surface area contributed by atoms with E-state index in [1.165, 1.54) is 0 Å². The van der Waals surface area contributed by atoms with E-state index in [-0.39, 0.29) is 29.4 Å². The normalized spacial score (nSPS) is 29.0. The number of nitrogens with zero attached hydrogens (tertiary/aromatic N) is 1. The van der Waals surface area contributed by atoms with Gasteiger partial charge in [-0.25, -0.2) is 4.79 Å². The lowest BCUT2D eigenvalue weighted by Gasteiger charge is -2.39. The topological polar surface area (TPSA) is 58.6 Å². The summed E-state index contributed by atoms with van der Waals surface area (Å²) >= 11 is 0. The van der Waals surface area contributed by atoms with Crippen LogP contribution in [0.5, 0.6) is 0 Å². The van der Waals surface area contributed by atoms with Crippen LogP contribution in [-0.4, -0.2) is 47.0 Å². The molecule has 0 saturated carbocycles. The Labute approximate surface area is 140 Å². The molecule has 5 heteroatoms. The molecule has 23 heavy (non-hydrogen) atoms. The quantitative estimate of drug-likeness (QED) is 0.793. The van der Waals surface area contributed by atoms with Gasteiger partial charge in [-0.1, -0.05) is 20.8 Å². The van der Waals surface area contributed by atoms with Gasteiger partial charge in [0.2, 0.25) is 5.91 Å². The van der Waals surface area contributed by atoms with Crippen molar-refractivity contribution in [3.63, 3.8) is 0 Å². The first-order valence-electron chi connectivity index (χ1n) is 8.79.